The van der Waals surface area contributed by atoms with Crippen LogP contribution in [0.2, 0.25) is 0 Å². The van der Waals surface area contributed by atoms with Gasteiger partial charge in [-0.2, -0.15) is 5.10 Å². The number of hydrogen-bond donors (Lipinski definition) is 2. The first-order chi connectivity index (χ1) is 11.2. The number of benzene rings is 1. The van der Waals surface area contributed by atoms with E-state index in [9.17, 15) is 9.90 Å². The Morgan fingerprint density at radius 2 is 1.96 bits per heavy atom. The van der Waals surface area contributed by atoms with Crippen molar-refractivity contribution in [2.75, 3.05) is 6.61 Å². The van der Waals surface area contributed by atoms with Crippen LogP contribution in [0.3, 0.4) is 0 Å². The van der Waals surface area contributed by atoms with Gasteiger partial charge in [-0.25, -0.2) is 4.68 Å². The second kappa shape index (κ2) is 6.96. The number of nitrogens with one attached hydrogen (secondary N) is 1. The quantitative estimate of drug-likeness (QED) is 0.911. The van der Waals surface area contributed by atoms with Gasteiger partial charge in [-0.3, -0.25) is 4.79 Å². The lowest BCUT2D eigenvalue weighted by Gasteiger charge is -2.27. The van der Waals surface area contributed by atoms with E-state index in [2.05, 4.69) is 10.4 Å². The molecule has 5 nitrogen and oxygen atoms in total. The molecular weight excluding hydrogens is 290 g/mol. The van der Waals surface area contributed by atoms with Crippen molar-refractivity contribution in [3.05, 3.63) is 47.8 Å². The lowest BCUT2D eigenvalue weighted by Crippen LogP contribution is -2.38. The highest BCUT2D eigenvalue weighted by atomic mass is 16.3. The van der Waals surface area contributed by atoms with Crippen LogP contribution in [0.15, 0.2) is 36.5 Å². The Morgan fingerprint density at radius 1 is 1.26 bits per heavy atom. The molecule has 0 spiro atoms. The molecule has 1 aliphatic carbocycles. The number of amides is 1. The van der Waals surface area contributed by atoms with Gasteiger partial charge >= 0.3 is 0 Å². The predicted octanol–water partition coefficient (Wildman–Crippen LogP) is 2.46. The number of nitrogens with zero attached hydrogens (tertiary/aromatic N) is 2. The van der Waals surface area contributed by atoms with Crippen molar-refractivity contribution in [2.45, 2.75) is 38.6 Å². The number of carbonyl (C=O) groups is 1. The first-order valence-electron chi connectivity index (χ1n) is 8.21. The number of aliphatic hydroxyl groups is 1. The van der Waals surface area contributed by atoms with Crippen LogP contribution in [0.4, 0.5) is 0 Å². The van der Waals surface area contributed by atoms with Crippen LogP contribution >= 0.6 is 0 Å². The van der Waals surface area contributed by atoms with Crippen molar-refractivity contribution in [3.63, 3.8) is 0 Å². The molecule has 1 saturated carbocycles. The van der Waals surface area contributed by atoms with Gasteiger partial charge in [0.25, 0.3) is 5.91 Å². The highest BCUT2D eigenvalue weighted by Gasteiger charge is 2.23. The molecule has 122 valence electrons. The van der Waals surface area contributed by atoms with Crippen LogP contribution in [0.5, 0.6) is 0 Å². The minimum Gasteiger partial charge on any atom is -0.396 e. The third-order valence-corrected chi connectivity index (χ3v) is 4.70. The predicted molar refractivity (Wildman–Crippen MR) is 88.6 cm³/mol. The minimum absolute atomic E-state index is 0.0582. The van der Waals surface area contributed by atoms with E-state index in [4.69, 9.17) is 0 Å². The van der Waals surface area contributed by atoms with Crippen molar-refractivity contribution in [1.29, 1.82) is 0 Å². The van der Waals surface area contributed by atoms with E-state index >= 15 is 0 Å². The molecule has 1 heterocycles. The highest BCUT2D eigenvalue weighted by molar-refractivity contribution is 5.95. The van der Waals surface area contributed by atoms with Crippen molar-refractivity contribution in [1.82, 2.24) is 15.1 Å². The van der Waals surface area contributed by atoms with Gasteiger partial charge in [0.1, 0.15) is 0 Å². The summed E-state index contributed by atoms with van der Waals surface area (Å²) >= 11 is 0. The summed E-state index contributed by atoms with van der Waals surface area (Å²) in [5, 5.41) is 16.6. The number of aromatic nitrogens is 2. The number of para-hydroxylation sites is 1. The van der Waals surface area contributed by atoms with E-state index in [1.807, 2.05) is 37.3 Å². The maximum absolute atomic E-state index is 12.5. The van der Waals surface area contributed by atoms with Gasteiger partial charge in [-0.15, -0.1) is 0 Å². The fourth-order valence-electron chi connectivity index (χ4n) is 3.21. The van der Waals surface area contributed by atoms with Gasteiger partial charge in [-0.05, 0) is 50.7 Å². The molecule has 0 radical (unpaired) electrons. The molecule has 0 aliphatic heterocycles. The van der Waals surface area contributed by atoms with Gasteiger partial charge in [0.15, 0.2) is 0 Å². The summed E-state index contributed by atoms with van der Waals surface area (Å²) in [6.45, 7) is 2.17. The number of carbonyl (C=O) groups excluding carboxylic acids is 1. The Morgan fingerprint density at radius 3 is 2.61 bits per heavy atom. The molecule has 3 rings (SSSR count). The smallest absolute Gasteiger partial charge is 0.254 e. The van der Waals surface area contributed by atoms with Crippen LogP contribution in [0, 0.1) is 12.8 Å². The van der Waals surface area contributed by atoms with Gasteiger partial charge in [0.05, 0.1) is 23.1 Å². The van der Waals surface area contributed by atoms with Gasteiger partial charge in [0.2, 0.25) is 0 Å². The molecule has 0 saturated heterocycles. The Kier molecular flexibility index (Phi) is 4.76. The largest absolute Gasteiger partial charge is 0.396 e. The number of hydrogen-bond acceptors (Lipinski definition) is 3. The monoisotopic (exact) mass is 313 g/mol. The summed E-state index contributed by atoms with van der Waals surface area (Å²) < 4.78 is 1.79. The van der Waals surface area contributed by atoms with E-state index in [1.165, 1.54) is 0 Å². The summed E-state index contributed by atoms with van der Waals surface area (Å²) in [4.78, 5) is 12.5. The first-order valence-corrected chi connectivity index (χ1v) is 8.21. The molecule has 2 N–H and O–H groups in total. The minimum atomic E-state index is -0.0582. The third-order valence-electron chi connectivity index (χ3n) is 4.70. The molecule has 1 amide bonds. The highest BCUT2D eigenvalue weighted by Crippen LogP contribution is 2.24. The molecule has 2 aromatic rings. The molecule has 1 fully saturated rings. The van der Waals surface area contributed by atoms with Gasteiger partial charge in [-0.1, -0.05) is 18.2 Å². The summed E-state index contributed by atoms with van der Waals surface area (Å²) in [7, 11) is 0. The topological polar surface area (TPSA) is 67.2 Å². The zero-order chi connectivity index (χ0) is 16.2. The summed E-state index contributed by atoms with van der Waals surface area (Å²) in [6.07, 6.45) is 5.45. The van der Waals surface area contributed by atoms with Crippen molar-refractivity contribution in [3.8, 4) is 5.69 Å². The van der Waals surface area contributed by atoms with Crippen molar-refractivity contribution in [2.24, 2.45) is 5.92 Å². The Bertz CT molecular complexity index is 658. The van der Waals surface area contributed by atoms with E-state index in [0.29, 0.717) is 11.5 Å². The summed E-state index contributed by atoms with van der Waals surface area (Å²) in [6, 6.07) is 10.0. The average Bonchev–Trinajstić information content (AvgIpc) is 2.98. The standard InChI is InChI=1S/C18H23N3O2/c1-13-17(11-19-21(13)16-5-3-2-4-6-16)18(23)20-15-9-7-14(12-22)8-10-15/h2-6,11,14-15,22H,7-10,12H2,1H3,(H,20,23). The molecule has 5 heteroatoms. The van der Waals surface area contributed by atoms with Crippen molar-refractivity contribution < 1.29 is 9.90 Å². The second-order valence-electron chi connectivity index (χ2n) is 6.26. The Hall–Kier alpha value is -2.14. The molecule has 0 atom stereocenters. The van der Waals surface area contributed by atoms with Crippen LogP contribution < -0.4 is 5.32 Å². The van der Waals surface area contributed by atoms with Gasteiger partial charge < -0.3 is 10.4 Å². The molecule has 1 aromatic heterocycles. The third kappa shape index (κ3) is 3.45. The van der Waals surface area contributed by atoms with Crippen LogP contribution in [0.1, 0.15) is 41.7 Å². The second-order valence-corrected chi connectivity index (χ2v) is 6.26. The van der Waals surface area contributed by atoms with Crippen molar-refractivity contribution >= 4 is 5.91 Å². The van der Waals surface area contributed by atoms with Gasteiger partial charge in [0, 0.05) is 12.6 Å². The molecule has 1 aliphatic rings. The van der Waals surface area contributed by atoms with E-state index in [1.54, 1.807) is 10.9 Å². The summed E-state index contributed by atoms with van der Waals surface area (Å²) in [5.74, 6) is 0.336. The zero-order valence-corrected chi connectivity index (χ0v) is 13.4. The Balaban J connectivity index is 1.68. The fourth-order valence-corrected chi connectivity index (χ4v) is 3.21. The lowest BCUT2D eigenvalue weighted by molar-refractivity contribution is 0.0913. The molecule has 0 unspecified atom stereocenters. The zero-order valence-electron chi connectivity index (χ0n) is 13.4. The number of rotatable bonds is 4. The maximum Gasteiger partial charge on any atom is 0.254 e. The number of aliphatic hydroxyl groups excluding tert-OH is 1. The Labute approximate surface area is 136 Å². The fraction of sp³-hybridized carbons (Fsp3) is 0.444. The SMILES string of the molecule is Cc1c(C(=O)NC2CCC(CO)CC2)cnn1-c1ccccc1. The maximum atomic E-state index is 12.5. The lowest BCUT2D eigenvalue weighted by atomic mass is 9.86. The van der Waals surface area contributed by atoms with Crippen LogP contribution in [-0.4, -0.2) is 33.4 Å². The van der Waals surface area contributed by atoms with E-state index in [-0.39, 0.29) is 18.6 Å². The average molecular weight is 313 g/mol. The normalized spacial score (nSPS) is 21.1. The molecule has 0 bridgehead atoms. The molecule has 1 aromatic carbocycles. The van der Waals surface area contributed by atoms with Crippen LogP contribution in [0.25, 0.3) is 5.69 Å². The van der Waals surface area contributed by atoms with E-state index in [0.717, 1.165) is 37.1 Å². The molecular formula is C18H23N3O2. The van der Waals surface area contributed by atoms with E-state index < -0.39 is 0 Å². The van der Waals surface area contributed by atoms with Crippen LogP contribution in [-0.2, 0) is 0 Å². The summed E-state index contributed by atoms with van der Waals surface area (Å²) in [5.41, 5.74) is 2.42. The first kappa shape index (κ1) is 15.7. The molecule has 23 heavy (non-hydrogen) atoms.